The summed E-state index contributed by atoms with van der Waals surface area (Å²) in [6.07, 6.45) is 5.37. The van der Waals surface area contributed by atoms with Crippen molar-refractivity contribution in [1.29, 1.82) is 0 Å². The Bertz CT molecular complexity index is 781. The monoisotopic (exact) mass is 327 g/mol. The molecular weight excluding hydrogens is 310 g/mol. The summed E-state index contributed by atoms with van der Waals surface area (Å²) in [6.45, 7) is 3.10. The van der Waals surface area contributed by atoms with Gasteiger partial charge in [-0.15, -0.1) is 11.3 Å². The SMILES string of the molecule is Cc1csc(C(=O)NCCNc2cc(-n3cccc3)ncn2)c1. The molecule has 3 aromatic heterocycles. The summed E-state index contributed by atoms with van der Waals surface area (Å²) < 4.78 is 1.91. The number of nitrogens with one attached hydrogen (secondary N) is 2. The first kappa shape index (κ1) is 15.2. The van der Waals surface area contributed by atoms with Crippen molar-refractivity contribution in [2.75, 3.05) is 18.4 Å². The maximum atomic E-state index is 11.9. The maximum absolute atomic E-state index is 11.9. The van der Waals surface area contributed by atoms with Crippen LogP contribution in [0.15, 0.2) is 48.4 Å². The molecule has 23 heavy (non-hydrogen) atoms. The highest BCUT2D eigenvalue weighted by molar-refractivity contribution is 7.12. The summed E-state index contributed by atoms with van der Waals surface area (Å²) in [5, 5.41) is 8.04. The summed E-state index contributed by atoms with van der Waals surface area (Å²) in [6, 6.07) is 7.64. The molecule has 0 aliphatic rings. The van der Waals surface area contributed by atoms with E-state index < -0.39 is 0 Å². The lowest BCUT2D eigenvalue weighted by Crippen LogP contribution is -2.28. The minimum Gasteiger partial charge on any atom is -0.368 e. The minimum atomic E-state index is -0.0411. The fourth-order valence-corrected chi connectivity index (χ4v) is 2.89. The van der Waals surface area contributed by atoms with Gasteiger partial charge in [-0.05, 0) is 36.1 Å². The summed E-state index contributed by atoms with van der Waals surface area (Å²) in [5.41, 5.74) is 1.11. The second kappa shape index (κ2) is 7.06. The molecular formula is C16H17N5OS. The van der Waals surface area contributed by atoms with Gasteiger partial charge in [0.15, 0.2) is 0 Å². The van der Waals surface area contributed by atoms with Crippen molar-refractivity contribution in [2.45, 2.75) is 6.92 Å². The van der Waals surface area contributed by atoms with Crippen LogP contribution in [0.3, 0.4) is 0 Å². The van der Waals surface area contributed by atoms with Crippen molar-refractivity contribution in [3.05, 3.63) is 58.8 Å². The quantitative estimate of drug-likeness (QED) is 0.682. The van der Waals surface area contributed by atoms with Crippen molar-refractivity contribution in [1.82, 2.24) is 19.9 Å². The summed E-state index contributed by atoms with van der Waals surface area (Å²) in [5.74, 6) is 1.48. The predicted octanol–water partition coefficient (Wildman–Crippen LogP) is 2.48. The van der Waals surface area contributed by atoms with Gasteiger partial charge in [-0.25, -0.2) is 9.97 Å². The molecule has 0 aromatic carbocycles. The van der Waals surface area contributed by atoms with Crippen molar-refractivity contribution >= 4 is 23.1 Å². The van der Waals surface area contributed by atoms with E-state index in [9.17, 15) is 4.79 Å². The molecule has 3 aromatic rings. The fraction of sp³-hybridized carbons (Fsp3) is 0.188. The number of rotatable bonds is 6. The van der Waals surface area contributed by atoms with Gasteiger partial charge in [0, 0.05) is 31.5 Å². The van der Waals surface area contributed by atoms with E-state index in [2.05, 4.69) is 20.6 Å². The third-order valence-corrected chi connectivity index (χ3v) is 4.24. The average molecular weight is 327 g/mol. The zero-order valence-corrected chi connectivity index (χ0v) is 13.5. The Kier molecular flexibility index (Phi) is 4.68. The van der Waals surface area contributed by atoms with Crippen LogP contribution in [0.25, 0.3) is 5.82 Å². The van der Waals surface area contributed by atoms with E-state index in [1.165, 1.54) is 17.7 Å². The minimum absolute atomic E-state index is 0.0411. The highest BCUT2D eigenvalue weighted by Crippen LogP contribution is 2.13. The van der Waals surface area contributed by atoms with E-state index in [4.69, 9.17) is 0 Å². The topological polar surface area (TPSA) is 71.8 Å². The van der Waals surface area contributed by atoms with E-state index in [0.29, 0.717) is 13.1 Å². The number of hydrogen-bond donors (Lipinski definition) is 2. The molecule has 0 aliphatic heterocycles. The number of aromatic nitrogens is 3. The first-order valence-corrected chi connectivity index (χ1v) is 8.13. The van der Waals surface area contributed by atoms with Gasteiger partial charge in [0.2, 0.25) is 0 Å². The molecule has 3 rings (SSSR count). The van der Waals surface area contributed by atoms with Crippen LogP contribution in [-0.4, -0.2) is 33.5 Å². The predicted molar refractivity (Wildman–Crippen MR) is 91.2 cm³/mol. The van der Waals surface area contributed by atoms with Crippen LogP contribution >= 0.6 is 11.3 Å². The number of thiophene rings is 1. The Hall–Kier alpha value is -2.67. The number of carbonyl (C=O) groups excluding carboxylic acids is 1. The molecule has 0 bridgehead atoms. The van der Waals surface area contributed by atoms with Gasteiger partial charge in [-0.1, -0.05) is 0 Å². The Morgan fingerprint density at radius 3 is 2.78 bits per heavy atom. The zero-order chi connectivity index (χ0) is 16.1. The molecule has 0 unspecified atom stereocenters. The molecule has 0 saturated heterocycles. The number of hydrogen-bond acceptors (Lipinski definition) is 5. The summed E-state index contributed by atoms with van der Waals surface area (Å²) in [4.78, 5) is 21.1. The third-order valence-electron chi connectivity index (χ3n) is 3.19. The van der Waals surface area contributed by atoms with E-state index in [0.717, 1.165) is 22.1 Å². The van der Waals surface area contributed by atoms with Gasteiger partial charge in [-0.3, -0.25) is 4.79 Å². The molecule has 2 N–H and O–H groups in total. The van der Waals surface area contributed by atoms with Crippen LogP contribution in [0.4, 0.5) is 5.82 Å². The van der Waals surface area contributed by atoms with Crippen LogP contribution in [0, 0.1) is 6.92 Å². The molecule has 0 atom stereocenters. The Labute approximate surface area is 138 Å². The van der Waals surface area contributed by atoms with E-state index in [1.807, 2.05) is 53.5 Å². The van der Waals surface area contributed by atoms with Crippen molar-refractivity contribution in [3.63, 3.8) is 0 Å². The molecule has 6 nitrogen and oxygen atoms in total. The first-order valence-electron chi connectivity index (χ1n) is 7.25. The Morgan fingerprint density at radius 2 is 2.04 bits per heavy atom. The molecule has 1 amide bonds. The largest absolute Gasteiger partial charge is 0.368 e. The highest BCUT2D eigenvalue weighted by atomic mass is 32.1. The number of anilines is 1. The van der Waals surface area contributed by atoms with Gasteiger partial charge < -0.3 is 15.2 Å². The number of carbonyl (C=O) groups is 1. The molecule has 0 saturated carbocycles. The van der Waals surface area contributed by atoms with E-state index in [-0.39, 0.29) is 5.91 Å². The standard InChI is InChI=1S/C16H17N5OS/c1-12-8-13(23-10-12)16(22)18-5-4-17-14-9-15(20-11-19-14)21-6-2-3-7-21/h2-3,6-11H,4-5H2,1H3,(H,18,22)(H,17,19,20). The van der Waals surface area contributed by atoms with Crippen molar-refractivity contribution in [2.24, 2.45) is 0 Å². The smallest absolute Gasteiger partial charge is 0.261 e. The number of amides is 1. The normalized spacial score (nSPS) is 10.5. The Balaban J connectivity index is 1.49. The van der Waals surface area contributed by atoms with Crippen LogP contribution in [0.5, 0.6) is 0 Å². The molecule has 7 heteroatoms. The van der Waals surface area contributed by atoms with Crippen LogP contribution < -0.4 is 10.6 Å². The molecule has 0 spiro atoms. The van der Waals surface area contributed by atoms with E-state index in [1.54, 1.807) is 0 Å². The Morgan fingerprint density at radius 1 is 1.22 bits per heavy atom. The number of aryl methyl sites for hydroxylation is 1. The van der Waals surface area contributed by atoms with Crippen molar-refractivity contribution < 1.29 is 4.79 Å². The lowest BCUT2D eigenvalue weighted by atomic mass is 10.3. The molecule has 0 aliphatic carbocycles. The van der Waals surface area contributed by atoms with Crippen LogP contribution in [0.2, 0.25) is 0 Å². The zero-order valence-electron chi connectivity index (χ0n) is 12.7. The van der Waals surface area contributed by atoms with Crippen LogP contribution in [-0.2, 0) is 0 Å². The van der Waals surface area contributed by atoms with Gasteiger partial charge in [0.05, 0.1) is 4.88 Å². The molecule has 3 heterocycles. The van der Waals surface area contributed by atoms with Crippen LogP contribution in [0.1, 0.15) is 15.2 Å². The van der Waals surface area contributed by atoms with Gasteiger partial charge in [0.1, 0.15) is 18.0 Å². The molecule has 0 fully saturated rings. The van der Waals surface area contributed by atoms with Gasteiger partial charge in [0.25, 0.3) is 5.91 Å². The van der Waals surface area contributed by atoms with Gasteiger partial charge in [-0.2, -0.15) is 0 Å². The second-order valence-electron chi connectivity index (χ2n) is 5.02. The summed E-state index contributed by atoms with van der Waals surface area (Å²) in [7, 11) is 0. The lowest BCUT2D eigenvalue weighted by molar-refractivity contribution is 0.0959. The first-order chi connectivity index (χ1) is 11.2. The molecule has 0 radical (unpaired) electrons. The lowest BCUT2D eigenvalue weighted by Gasteiger charge is -2.08. The number of nitrogens with zero attached hydrogens (tertiary/aromatic N) is 3. The highest BCUT2D eigenvalue weighted by Gasteiger charge is 2.06. The summed E-state index contributed by atoms with van der Waals surface area (Å²) >= 11 is 1.46. The average Bonchev–Trinajstić information content (AvgIpc) is 3.23. The third kappa shape index (κ3) is 3.95. The second-order valence-corrected chi connectivity index (χ2v) is 5.93. The van der Waals surface area contributed by atoms with Gasteiger partial charge >= 0.3 is 0 Å². The maximum Gasteiger partial charge on any atom is 0.261 e. The van der Waals surface area contributed by atoms with Crippen molar-refractivity contribution in [3.8, 4) is 5.82 Å². The molecule has 118 valence electrons. The van der Waals surface area contributed by atoms with E-state index >= 15 is 0 Å². The fourth-order valence-electron chi connectivity index (χ4n) is 2.08.